The van der Waals surface area contributed by atoms with Crippen LogP contribution < -0.4 is 4.74 Å². The summed E-state index contributed by atoms with van der Waals surface area (Å²) in [6.07, 6.45) is 6.23. The zero-order valence-electron chi connectivity index (χ0n) is 18.3. The van der Waals surface area contributed by atoms with E-state index in [-0.39, 0.29) is 6.10 Å². The molecule has 2 aromatic carbocycles. The molecule has 0 saturated carbocycles. The number of fused-ring (bicyclic) bond motifs is 1. The molecule has 0 radical (unpaired) electrons. The normalized spacial score (nSPS) is 17.0. The highest BCUT2D eigenvalue weighted by atomic mass is 16.5. The van der Waals surface area contributed by atoms with Crippen molar-refractivity contribution in [2.45, 2.75) is 32.1 Å². The molecule has 4 aromatic rings. The van der Waals surface area contributed by atoms with Crippen LogP contribution in [-0.2, 0) is 17.9 Å². The van der Waals surface area contributed by atoms with Gasteiger partial charge in [-0.15, -0.1) is 0 Å². The number of hydrogen-bond acceptors (Lipinski definition) is 5. The summed E-state index contributed by atoms with van der Waals surface area (Å²) in [7, 11) is 1.70. The lowest BCUT2D eigenvalue weighted by molar-refractivity contribution is -0.0132. The SMILES string of the molecule is COc1ccc2cc(-c3[nH]ncc3CN3CCCC(OCc4ccccn4)C3)ccc2c1. The van der Waals surface area contributed by atoms with Gasteiger partial charge in [0.25, 0.3) is 0 Å². The van der Waals surface area contributed by atoms with Gasteiger partial charge in [0, 0.05) is 30.4 Å². The van der Waals surface area contributed by atoms with Crippen LogP contribution in [0.15, 0.2) is 67.0 Å². The highest BCUT2D eigenvalue weighted by molar-refractivity contribution is 5.88. The van der Waals surface area contributed by atoms with E-state index in [0.717, 1.165) is 60.6 Å². The molecular weight excluding hydrogens is 400 g/mol. The molecule has 1 aliphatic rings. The molecule has 1 atom stereocenters. The summed E-state index contributed by atoms with van der Waals surface area (Å²) >= 11 is 0. The fourth-order valence-corrected chi connectivity index (χ4v) is 4.41. The minimum Gasteiger partial charge on any atom is -0.497 e. The Bertz CT molecular complexity index is 1170. The molecule has 1 N–H and O–H groups in total. The Kier molecular flexibility index (Phi) is 6.14. The summed E-state index contributed by atoms with van der Waals surface area (Å²) in [6, 6.07) is 18.6. The van der Waals surface area contributed by atoms with Gasteiger partial charge in [-0.25, -0.2) is 0 Å². The maximum atomic E-state index is 6.16. The Balaban J connectivity index is 1.27. The molecule has 0 amide bonds. The van der Waals surface area contributed by atoms with Crippen molar-refractivity contribution in [3.63, 3.8) is 0 Å². The van der Waals surface area contributed by atoms with Gasteiger partial charge in [0.05, 0.1) is 37.4 Å². The van der Waals surface area contributed by atoms with Crippen molar-refractivity contribution in [1.29, 1.82) is 0 Å². The number of ether oxygens (including phenoxy) is 2. The van der Waals surface area contributed by atoms with Crippen LogP contribution >= 0.6 is 0 Å². The minimum atomic E-state index is 0.233. The molecule has 0 aliphatic carbocycles. The number of piperidine rings is 1. The number of hydrogen-bond donors (Lipinski definition) is 1. The van der Waals surface area contributed by atoms with Crippen LogP contribution in [0.4, 0.5) is 0 Å². The largest absolute Gasteiger partial charge is 0.497 e. The first-order valence-corrected chi connectivity index (χ1v) is 11.1. The second kappa shape index (κ2) is 9.51. The molecule has 1 saturated heterocycles. The molecule has 6 heteroatoms. The van der Waals surface area contributed by atoms with E-state index >= 15 is 0 Å². The monoisotopic (exact) mass is 428 g/mol. The fraction of sp³-hybridized carbons (Fsp3) is 0.308. The quantitative estimate of drug-likeness (QED) is 0.457. The van der Waals surface area contributed by atoms with E-state index in [4.69, 9.17) is 9.47 Å². The molecule has 0 bridgehead atoms. The van der Waals surface area contributed by atoms with Crippen molar-refractivity contribution < 1.29 is 9.47 Å². The molecule has 1 aliphatic heterocycles. The first-order chi connectivity index (χ1) is 15.8. The number of nitrogens with zero attached hydrogens (tertiary/aromatic N) is 3. The third-order valence-corrected chi connectivity index (χ3v) is 6.10. The van der Waals surface area contributed by atoms with Crippen LogP contribution in [0.1, 0.15) is 24.1 Å². The Morgan fingerprint density at radius 3 is 2.88 bits per heavy atom. The summed E-state index contributed by atoms with van der Waals surface area (Å²) in [4.78, 5) is 6.83. The lowest BCUT2D eigenvalue weighted by Gasteiger charge is -2.32. The van der Waals surface area contributed by atoms with Crippen molar-refractivity contribution >= 4 is 10.8 Å². The topological polar surface area (TPSA) is 63.3 Å². The Morgan fingerprint density at radius 1 is 1.09 bits per heavy atom. The first-order valence-electron chi connectivity index (χ1n) is 11.1. The zero-order valence-corrected chi connectivity index (χ0v) is 18.3. The number of pyridine rings is 1. The Labute approximate surface area is 188 Å². The van der Waals surface area contributed by atoms with Crippen LogP contribution in [-0.4, -0.2) is 46.4 Å². The number of aromatic nitrogens is 3. The predicted molar refractivity (Wildman–Crippen MR) is 125 cm³/mol. The number of aromatic amines is 1. The lowest BCUT2D eigenvalue weighted by atomic mass is 10.0. The highest BCUT2D eigenvalue weighted by Crippen LogP contribution is 2.29. The van der Waals surface area contributed by atoms with Crippen LogP contribution in [0.2, 0.25) is 0 Å². The van der Waals surface area contributed by atoms with Gasteiger partial charge in [0.2, 0.25) is 0 Å². The fourth-order valence-electron chi connectivity index (χ4n) is 4.41. The third kappa shape index (κ3) is 4.66. The van der Waals surface area contributed by atoms with Crippen molar-refractivity contribution in [3.05, 3.63) is 78.2 Å². The summed E-state index contributed by atoms with van der Waals surface area (Å²) in [5.74, 6) is 0.873. The summed E-state index contributed by atoms with van der Waals surface area (Å²) in [5.41, 5.74) is 4.42. The van der Waals surface area contributed by atoms with Gasteiger partial charge < -0.3 is 9.47 Å². The molecule has 0 spiro atoms. The highest BCUT2D eigenvalue weighted by Gasteiger charge is 2.22. The number of methoxy groups -OCH3 is 1. The Morgan fingerprint density at radius 2 is 2.00 bits per heavy atom. The van der Waals surface area contributed by atoms with Crippen molar-refractivity contribution in [1.82, 2.24) is 20.1 Å². The van der Waals surface area contributed by atoms with E-state index in [9.17, 15) is 0 Å². The maximum absolute atomic E-state index is 6.16. The van der Waals surface area contributed by atoms with Gasteiger partial charge in [0.1, 0.15) is 5.75 Å². The maximum Gasteiger partial charge on any atom is 0.119 e. The number of rotatable bonds is 7. The molecule has 3 heterocycles. The first kappa shape index (κ1) is 20.7. The van der Waals surface area contributed by atoms with E-state index < -0.39 is 0 Å². The number of nitrogens with one attached hydrogen (secondary N) is 1. The standard InChI is InChI=1S/C26H28N4O2/c1-31-24-10-9-19-13-21(8-7-20(19)14-24)26-22(15-28-29-26)16-30-12-4-6-25(17-30)32-18-23-5-2-3-11-27-23/h2-3,5,7-11,13-15,25H,4,6,12,16-18H2,1H3,(H,28,29). The molecule has 1 fully saturated rings. The second-order valence-electron chi connectivity index (χ2n) is 8.33. The third-order valence-electron chi connectivity index (χ3n) is 6.10. The van der Waals surface area contributed by atoms with Crippen molar-refractivity contribution in [2.75, 3.05) is 20.2 Å². The molecule has 5 rings (SSSR count). The molecule has 164 valence electrons. The molecule has 1 unspecified atom stereocenters. The van der Waals surface area contributed by atoms with Crippen molar-refractivity contribution in [2.24, 2.45) is 0 Å². The number of H-pyrrole nitrogens is 1. The van der Waals surface area contributed by atoms with Gasteiger partial charge in [0.15, 0.2) is 0 Å². The molecule has 6 nitrogen and oxygen atoms in total. The van der Waals surface area contributed by atoms with E-state index in [1.54, 1.807) is 7.11 Å². The summed E-state index contributed by atoms with van der Waals surface area (Å²) < 4.78 is 11.5. The lowest BCUT2D eigenvalue weighted by Crippen LogP contribution is -2.39. The van der Waals surface area contributed by atoms with Gasteiger partial charge >= 0.3 is 0 Å². The molecule has 32 heavy (non-hydrogen) atoms. The second-order valence-corrected chi connectivity index (χ2v) is 8.33. The number of benzene rings is 2. The number of likely N-dealkylation sites (tertiary alicyclic amines) is 1. The van der Waals surface area contributed by atoms with Gasteiger partial charge in [-0.3, -0.25) is 15.0 Å². The predicted octanol–water partition coefficient (Wildman–Crippen LogP) is 4.81. The van der Waals surface area contributed by atoms with Gasteiger partial charge in [-0.1, -0.05) is 24.3 Å². The molecular formula is C26H28N4O2. The van der Waals surface area contributed by atoms with Gasteiger partial charge in [-0.05, 0) is 60.5 Å². The smallest absolute Gasteiger partial charge is 0.119 e. The van der Waals surface area contributed by atoms with E-state index in [1.165, 1.54) is 10.9 Å². The van der Waals surface area contributed by atoms with Crippen LogP contribution in [0.25, 0.3) is 22.0 Å². The van der Waals surface area contributed by atoms with Crippen molar-refractivity contribution in [3.8, 4) is 17.0 Å². The van der Waals surface area contributed by atoms with Gasteiger partial charge in [-0.2, -0.15) is 5.10 Å². The van der Waals surface area contributed by atoms with Crippen LogP contribution in [0, 0.1) is 0 Å². The minimum absolute atomic E-state index is 0.233. The zero-order chi connectivity index (χ0) is 21.8. The van der Waals surface area contributed by atoms with E-state index in [2.05, 4.69) is 50.4 Å². The van der Waals surface area contributed by atoms with E-state index in [0.29, 0.717) is 6.61 Å². The average molecular weight is 429 g/mol. The van der Waals surface area contributed by atoms with Crippen LogP contribution in [0.3, 0.4) is 0 Å². The summed E-state index contributed by atoms with van der Waals surface area (Å²) in [5, 5.41) is 9.92. The van der Waals surface area contributed by atoms with Crippen LogP contribution in [0.5, 0.6) is 5.75 Å². The Hall–Kier alpha value is -3.22. The average Bonchev–Trinajstić information content (AvgIpc) is 3.31. The summed E-state index contributed by atoms with van der Waals surface area (Å²) in [6.45, 7) is 3.43. The van der Waals surface area contributed by atoms with E-state index in [1.807, 2.05) is 36.7 Å². The molecule has 2 aromatic heterocycles.